The summed E-state index contributed by atoms with van der Waals surface area (Å²) in [4.78, 5) is 28.8. The summed E-state index contributed by atoms with van der Waals surface area (Å²) in [5.41, 5.74) is 1.20. The second kappa shape index (κ2) is 9.78. The molecule has 0 aliphatic carbocycles. The predicted molar refractivity (Wildman–Crippen MR) is 119 cm³/mol. The van der Waals surface area contributed by atoms with Crippen molar-refractivity contribution < 1.29 is 14.3 Å². The van der Waals surface area contributed by atoms with Crippen LogP contribution in [0, 0.1) is 6.92 Å². The van der Waals surface area contributed by atoms with Crippen LogP contribution in [0.5, 0.6) is 0 Å². The Morgan fingerprint density at radius 2 is 2.07 bits per heavy atom. The average Bonchev–Trinajstić information content (AvgIpc) is 3.23. The lowest BCUT2D eigenvalue weighted by molar-refractivity contribution is -0.113. The normalized spacial score (nSPS) is 10.8. The summed E-state index contributed by atoms with van der Waals surface area (Å²) in [6.07, 6.45) is 0. The number of amides is 1. The molecule has 3 rings (SSSR count). The maximum atomic E-state index is 12.3. The smallest absolute Gasteiger partial charge is 0.350 e. The van der Waals surface area contributed by atoms with Crippen molar-refractivity contribution in [1.29, 1.82) is 0 Å². The number of thioether (sulfide) groups is 1. The van der Waals surface area contributed by atoms with E-state index < -0.39 is 5.97 Å². The van der Waals surface area contributed by atoms with Gasteiger partial charge < -0.3 is 14.6 Å². The highest BCUT2D eigenvalue weighted by Gasteiger charge is 2.19. The highest BCUT2D eigenvalue weighted by atomic mass is 35.5. The average molecular weight is 486 g/mol. The lowest BCUT2D eigenvalue weighted by Gasteiger charge is -2.06. The van der Waals surface area contributed by atoms with E-state index in [2.05, 4.69) is 20.5 Å². The summed E-state index contributed by atoms with van der Waals surface area (Å²) in [5, 5.41) is 12.9. The largest absolute Gasteiger partial charge is 0.462 e. The van der Waals surface area contributed by atoms with Crippen molar-refractivity contribution in [3.63, 3.8) is 0 Å². The SMILES string of the molecule is CCOC(=O)c1sc(NC(=O)CSc2nnc(-c3ccc(Cl)cc3Cl)n2C)nc1C. The van der Waals surface area contributed by atoms with Gasteiger partial charge in [0.05, 0.1) is 23.1 Å². The number of aromatic nitrogens is 4. The lowest BCUT2D eigenvalue weighted by Crippen LogP contribution is -2.14. The summed E-state index contributed by atoms with van der Waals surface area (Å²) >= 11 is 14.5. The topological polar surface area (TPSA) is 99.0 Å². The molecule has 0 radical (unpaired) electrons. The second-order valence-corrected chi connectivity index (χ2v) is 8.77. The molecule has 158 valence electrons. The number of nitrogens with one attached hydrogen (secondary N) is 1. The molecule has 0 aliphatic heterocycles. The second-order valence-electron chi connectivity index (χ2n) is 5.98. The molecule has 3 aromatic rings. The Kier molecular flexibility index (Phi) is 7.35. The van der Waals surface area contributed by atoms with E-state index >= 15 is 0 Å². The molecule has 0 unspecified atom stereocenters. The summed E-state index contributed by atoms with van der Waals surface area (Å²) in [6, 6.07) is 5.12. The van der Waals surface area contributed by atoms with Crippen molar-refractivity contribution in [3.8, 4) is 11.4 Å². The monoisotopic (exact) mass is 485 g/mol. The van der Waals surface area contributed by atoms with Gasteiger partial charge in [-0.1, -0.05) is 46.3 Å². The van der Waals surface area contributed by atoms with E-state index in [1.807, 2.05) is 0 Å². The van der Waals surface area contributed by atoms with Crippen LogP contribution in [0.25, 0.3) is 11.4 Å². The van der Waals surface area contributed by atoms with Crippen molar-refractivity contribution in [2.45, 2.75) is 19.0 Å². The Bertz CT molecular complexity index is 1100. The number of esters is 1. The van der Waals surface area contributed by atoms with Crippen molar-refractivity contribution >= 4 is 63.3 Å². The number of halogens is 2. The number of hydrogen-bond acceptors (Lipinski definition) is 8. The Labute approximate surface area is 191 Å². The van der Waals surface area contributed by atoms with Crippen LogP contribution in [0.3, 0.4) is 0 Å². The molecule has 30 heavy (non-hydrogen) atoms. The van der Waals surface area contributed by atoms with Gasteiger partial charge in [0.15, 0.2) is 16.1 Å². The van der Waals surface area contributed by atoms with Gasteiger partial charge in [-0.15, -0.1) is 10.2 Å². The van der Waals surface area contributed by atoms with Crippen LogP contribution in [0.2, 0.25) is 10.0 Å². The molecule has 2 heterocycles. The van der Waals surface area contributed by atoms with Crippen LogP contribution in [-0.4, -0.2) is 44.0 Å². The number of nitrogens with zero attached hydrogens (tertiary/aromatic N) is 4. The highest BCUT2D eigenvalue weighted by molar-refractivity contribution is 7.99. The molecule has 8 nitrogen and oxygen atoms in total. The Morgan fingerprint density at radius 3 is 2.77 bits per heavy atom. The molecule has 1 N–H and O–H groups in total. The number of ether oxygens (including phenoxy) is 1. The highest BCUT2D eigenvalue weighted by Crippen LogP contribution is 2.31. The zero-order chi connectivity index (χ0) is 21.8. The number of carbonyl (C=O) groups is 2. The summed E-state index contributed by atoms with van der Waals surface area (Å²) < 4.78 is 6.73. The molecule has 0 bridgehead atoms. The summed E-state index contributed by atoms with van der Waals surface area (Å²) in [6.45, 7) is 3.69. The molecule has 1 amide bonds. The number of thiazole rings is 1. The van der Waals surface area contributed by atoms with Gasteiger partial charge in [-0.25, -0.2) is 9.78 Å². The minimum atomic E-state index is -0.449. The summed E-state index contributed by atoms with van der Waals surface area (Å²) in [5.74, 6) is -0.0736. The first-order valence-corrected chi connectivity index (χ1v) is 11.3. The maximum absolute atomic E-state index is 12.3. The van der Waals surface area contributed by atoms with Crippen molar-refractivity contribution in [1.82, 2.24) is 19.7 Å². The Balaban J connectivity index is 1.64. The maximum Gasteiger partial charge on any atom is 0.350 e. The van der Waals surface area contributed by atoms with Gasteiger partial charge in [0.2, 0.25) is 5.91 Å². The van der Waals surface area contributed by atoms with E-state index in [9.17, 15) is 9.59 Å². The predicted octanol–water partition coefficient (Wildman–Crippen LogP) is 4.46. The minimum absolute atomic E-state index is 0.0910. The quantitative estimate of drug-likeness (QED) is 0.389. The zero-order valence-electron chi connectivity index (χ0n) is 16.2. The first-order valence-electron chi connectivity index (χ1n) is 8.72. The van der Waals surface area contributed by atoms with E-state index in [4.69, 9.17) is 27.9 Å². The van der Waals surface area contributed by atoms with E-state index in [-0.39, 0.29) is 18.3 Å². The molecule has 12 heteroatoms. The van der Waals surface area contributed by atoms with Crippen LogP contribution in [-0.2, 0) is 16.6 Å². The first kappa shape index (κ1) is 22.5. The van der Waals surface area contributed by atoms with Gasteiger partial charge in [0, 0.05) is 17.6 Å². The summed E-state index contributed by atoms with van der Waals surface area (Å²) in [7, 11) is 1.79. The number of anilines is 1. The molecule has 0 saturated carbocycles. The molecular formula is C18H17Cl2N5O3S2. The van der Waals surface area contributed by atoms with E-state index in [1.54, 1.807) is 43.7 Å². The molecule has 0 spiro atoms. The van der Waals surface area contributed by atoms with Gasteiger partial charge in [-0.2, -0.15) is 0 Å². The molecule has 0 fully saturated rings. The van der Waals surface area contributed by atoms with Crippen LogP contribution in [0.4, 0.5) is 5.13 Å². The third kappa shape index (κ3) is 5.12. The van der Waals surface area contributed by atoms with Gasteiger partial charge in [0.1, 0.15) is 4.88 Å². The van der Waals surface area contributed by atoms with Crippen molar-refractivity contribution in [2.75, 3.05) is 17.7 Å². The number of benzene rings is 1. The van der Waals surface area contributed by atoms with Crippen molar-refractivity contribution in [3.05, 3.63) is 38.8 Å². The first-order chi connectivity index (χ1) is 14.3. The molecule has 0 aliphatic rings. The zero-order valence-corrected chi connectivity index (χ0v) is 19.4. The van der Waals surface area contributed by atoms with Gasteiger partial charge >= 0.3 is 5.97 Å². The molecule has 1 aromatic carbocycles. The fourth-order valence-electron chi connectivity index (χ4n) is 2.47. The Morgan fingerprint density at radius 1 is 1.30 bits per heavy atom. The van der Waals surface area contributed by atoms with Crippen LogP contribution in [0.1, 0.15) is 22.3 Å². The molecule has 0 saturated heterocycles. The standard InChI is InChI=1S/C18H17Cl2N5O3S2/c1-4-28-16(27)14-9(2)21-17(30-14)22-13(26)8-29-18-24-23-15(25(18)3)11-6-5-10(19)7-12(11)20/h5-7H,4,8H2,1-3H3,(H,21,22,26). The van der Waals surface area contributed by atoms with Gasteiger partial charge in [-0.05, 0) is 32.0 Å². The van der Waals surface area contributed by atoms with E-state index in [0.717, 1.165) is 11.3 Å². The third-order valence-electron chi connectivity index (χ3n) is 3.84. The fraction of sp³-hybridized carbons (Fsp3) is 0.278. The fourth-order valence-corrected chi connectivity index (χ4v) is 4.55. The van der Waals surface area contributed by atoms with Gasteiger partial charge in [-0.3, -0.25) is 4.79 Å². The number of carbonyl (C=O) groups excluding carboxylic acids is 2. The van der Waals surface area contributed by atoms with Crippen LogP contribution >= 0.6 is 46.3 Å². The molecule has 2 aromatic heterocycles. The molecular weight excluding hydrogens is 469 g/mol. The minimum Gasteiger partial charge on any atom is -0.462 e. The van der Waals surface area contributed by atoms with Crippen LogP contribution in [0.15, 0.2) is 23.4 Å². The Hall–Kier alpha value is -2.14. The number of hydrogen-bond donors (Lipinski definition) is 1. The van der Waals surface area contributed by atoms with E-state index in [0.29, 0.717) is 42.3 Å². The van der Waals surface area contributed by atoms with Gasteiger partial charge in [0.25, 0.3) is 0 Å². The lowest BCUT2D eigenvalue weighted by atomic mass is 10.2. The van der Waals surface area contributed by atoms with E-state index in [1.165, 1.54) is 11.8 Å². The number of aryl methyl sites for hydroxylation is 1. The third-order valence-corrected chi connectivity index (χ3v) is 6.46. The number of rotatable bonds is 7. The van der Waals surface area contributed by atoms with Crippen LogP contribution < -0.4 is 5.32 Å². The van der Waals surface area contributed by atoms with Crippen molar-refractivity contribution in [2.24, 2.45) is 7.05 Å². The molecule has 0 atom stereocenters.